The molecule has 0 spiro atoms. The van der Waals surface area contributed by atoms with E-state index in [0.717, 1.165) is 24.5 Å². The number of hydrogen-bond acceptors (Lipinski definition) is 4. The molecule has 5 heteroatoms. The zero-order valence-corrected chi connectivity index (χ0v) is 12.3. The summed E-state index contributed by atoms with van der Waals surface area (Å²) in [4.78, 5) is 2.15. The van der Waals surface area contributed by atoms with Crippen molar-refractivity contribution < 1.29 is 4.74 Å². The van der Waals surface area contributed by atoms with Crippen molar-refractivity contribution in [2.45, 2.75) is 38.3 Å². The average molecular weight is 266 g/mol. The van der Waals surface area contributed by atoms with E-state index in [1.54, 1.807) is 13.3 Å². The molecule has 2 rings (SSSR count). The van der Waals surface area contributed by atoms with Gasteiger partial charge in [0.05, 0.1) is 31.6 Å². The van der Waals surface area contributed by atoms with Gasteiger partial charge in [0.15, 0.2) is 5.75 Å². The molecule has 1 aromatic heterocycles. The number of likely N-dealkylation sites (N-methyl/N-ethyl adjacent to an activating group) is 1. The minimum Gasteiger partial charge on any atom is -0.493 e. The van der Waals surface area contributed by atoms with Gasteiger partial charge < -0.3 is 15.4 Å². The van der Waals surface area contributed by atoms with Crippen LogP contribution < -0.4 is 10.5 Å². The molecule has 108 valence electrons. The minimum absolute atomic E-state index is 0.0436. The van der Waals surface area contributed by atoms with Gasteiger partial charge in [0, 0.05) is 6.54 Å². The predicted octanol–water partition coefficient (Wildman–Crippen LogP) is 1.64. The van der Waals surface area contributed by atoms with Gasteiger partial charge in [-0.2, -0.15) is 5.10 Å². The molecule has 0 aromatic carbocycles. The van der Waals surface area contributed by atoms with Crippen LogP contribution in [0.15, 0.2) is 6.20 Å². The molecule has 1 unspecified atom stereocenters. The number of nitrogens with two attached hydrogens (primary N) is 1. The second-order valence-electron chi connectivity index (χ2n) is 5.69. The van der Waals surface area contributed by atoms with Crippen molar-refractivity contribution >= 4 is 0 Å². The fourth-order valence-corrected chi connectivity index (χ4v) is 2.88. The zero-order valence-electron chi connectivity index (χ0n) is 12.3. The Kier molecular flexibility index (Phi) is 4.82. The number of nitrogens with zero attached hydrogens (tertiary/aromatic N) is 3. The van der Waals surface area contributed by atoms with E-state index in [1.807, 2.05) is 4.68 Å². The van der Waals surface area contributed by atoms with Gasteiger partial charge in [-0.15, -0.1) is 0 Å². The van der Waals surface area contributed by atoms with Crippen LogP contribution in [0.4, 0.5) is 0 Å². The molecule has 19 heavy (non-hydrogen) atoms. The van der Waals surface area contributed by atoms with Gasteiger partial charge in [-0.3, -0.25) is 4.68 Å². The van der Waals surface area contributed by atoms with Crippen LogP contribution in [-0.2, 0) is 6.54 Å². The van der Waals surface area contributed by atoms with Gasteiger partial charge in [0.1, 0.15) is 0 Å². The first-order valence-electron chi connectivity index (χ1n) is 7.13. The first-order chi connectivity index (χ1) is 9.13. The lowest BCUT2D eigenvalue weighted by Crippen LogP contribution is -2.26. The van der Waals surface area contributed by atoms with E-state index in [-0.39, 0.29) is 6.04 Å². The number of ether oxygens (including phenoxy) is 1. The number of hydrogen-bond donors (Lipinski definition) is 1. The highest BCUT2D eigenvalue weighted by Gasteiger charge is 2.28. The van der Waals surface area contributed by atoms with Crippen LogP contribution in [0.1, 0.15) is 37.4 Å². The molecule has 1 saturated carbocycles. The topological polar surface area (TPSA) is 56.3 Å². The predicted molar refractivity (Wildman–Crippen MR) is 76.2 cm³/mol. The van der Waals surface area contributed by atoms with Crippen molar-refractivity contribution in [2.75, 3.05) is 27.7 Å². The van der Waals surface area contributed by atoms with Gasteiger partial charge in [-0.25, -0.2) is 0 Å². The van der Waals surface area contributed by atoms with Crippen molar-refractivity contribution in [1.29, 1.82) is 0 Å². The summed E-state index contributed by atoms with van der Waals surface area (Å²) in [5.74, 6) is 1.40. The maximum atomic E-state index is 6.47. The second kappa shape index (κ2) is 6.39. The van der Waals surface area contributed by atoms with E-state index < -0.39 is 0 Å². The smallest absolute Gasteiger partial charge is 0.161 e. The SMILES string of the molecule is COc1cnn(CCN(C)C)c1C(N)C1CCCC1. The van der Waals surface area contributed by atoms with Crippen LogP contribution in [0.5, 0.6) is 5.75 Å². The Labute approximate surface area is 115 Å². The number of methoxy groups -OCH3 is 1. The standard InChI is InChI=1S/C14H26N4O/c1-17(2)8-9-18-14(12(19-3)10-16-18)13(15)11-6-4-5-7-11/h10-11,13H,4-9,15H2,1-3H3. The average Bonchev–Trinajstić information content (AvgIpc) is 3.04. The summed E-state index contributed by atoms with van der Waals surface area (Å²) in [6, 6.07) is 0.0436. The van der Waals surface area contributed by atoms with Crippen molar-refractivity contribution in [1.82, 2.24) is 14.7 Å². The van der Waals surface area contributed by atoms with Crippen molar-refractivity contribution in [3.8, 4) is 5.75 Å². The van der Waals surface area contributed by atoms with Crippen molar-refractivity contribution in [3.63, 3.8) is 0 Å². The largest absolute Gasteiger partial charge is 0.493 e. The Bertz CT molecular complexity index is 396. The molecule has 2 N–H and O–H groups in total. The Morgan fingerprint density at radius 1 is 1.47 bits per heavy atom. The molecule has 0 saturated heterocycles. The fraction of sp³-hybridized carbons (Fsp3) is 0.786. The van der Waals surface area contributed by atoms with E-state index in [4.69, 9.17) is 10.5 Å². The van der Waals surface area contributed by atoms with Gasteiger partial charge in [-0.05, 0) is 32.9 Å². The molecule has 1 aliphatic carbocycles. The maximum absolute atomic E-state index is 6.47. The second-order valence-corrected chi connectivity index (χ2v) is 5.69. The summed E-state index contributed by atoms with van der Waals surface area (Å²) in [6.45, 7) is 1.81. The molecule has 0 bridgehead atoms. The molecular weight excluding hydrogens is 240 g/mol. The van der Waals surface area contributed by atoms with E-state index >= 15 is 0 Å². The lowest BCUT2D eigenvalue weighted by Gasteiger charge is -2.22. The summed E-state index contributed by atoms with van der Waals surface area (Å²) >= 11 is 0. The molecule has 1 fully saturated rings. The third-order valence-electron chi connectivity index (χ3n) is 4.05. The fourth-order valence-electron chi connectivity index (χ4n) is 2.88. The molecule has 5 nitrogen and oxygen atoms in total. The van der Waals surface area contributed by atoms with Crippen LogP contribution in [0.3, 0.4) is 0 Å². The van der Waals surface area contributed by atoms with Crippen molar-refractivity contribution in [2.24, 2.45) is 11.7 Å². The van der Waals surface area contributed by atoms with E-state index in [0.29, 0.717) is 5.92 Å². The first-order valence-corrected chi connectivity index (χ1v) is 7.13. The Balaban J connectivity index is 2.17. The van der Waals surface area contributed by atoms with Crippen LogP contribution in [0, 0.1) is 5.92 Å². The van der Waals surface area contributed by atoms with Crippen LogP contribution >= 0.6 is 0 Å². The molecule has 0 aliphatic heterocycles. The highest BCUT2D eigenvalue weighted by molar-refractivity contribution is 5.28. The highest BCUT2D eigenvalue weighted by atomic mass is 16.5. The van der Waals surface area contributed by atoms with E-state index in [2.05, 4.69) is 24.1 Å². The van der Waals surface area contributed by atoms with Gasteiger partial charge >= 0.3 is 0 Å². The third kappa shape index (κ3) is 3.28. The summed E-state index contributed by atoms with van der Waals surface area (Å²) in [5.41, 5.74) is 7.54. The van der Waals surface area contributed by atoms with Gasteiger partial charge in [0.2, 0.25) is 0 Å². The Morgan fingerprint density at radius 2 is 2.16 bits per heavy atom. The molecule has 0 amide bonds. The monoisotopic (exact) mass is 266 g/mol. The van der Waals surface area contributed by atoms with Crippen LogP contribution in [0.25, 0.3) is 0 Å². The van der Waals surface area contributed by atoms with Crippen LogP contribution in [0.2, 0.25) is 0 Å². The summed E-state index contributed by atoms with van der Waals surface area (Å²) in [5, 5.41) is 4.44. The Morgan fingerprint density at radius 3 is 2.74 bits per heavy atom. The van der Waals surface area contributed by atoms with Crippen molar-refractivity contribution in [3.05, 3.63) is 11.9 Å². The third-order valence-corrected chi connectivity index (χ3v) is 4.05. The summed E-state index contributed by atoms with van der Waals surface area (Å²) < 4.78 is 7.45. The van der Waals surface area contributed by atoms with E-state index in [1.165, 1.54) is 25.7 Å². The molecular formula is C14H26N4O. The zero-order chi connectivity index (χ0) is 13.8. The quantitative estimate of drug-likeness (QED) is 0.850. The van der Waals surface area contributed by atoms with Gasteiger partial charge in [-0.1, -0.05) is 12.8 Å². The lowest BCUT2D eigenvalue weighted by atomic mass is 9.96. The number of aromatic nitrogens is 2. The Hall–Kier alpha value is -1.07. The molecule has 1 aliphatic rings. The molecule has 1 aromatic rings. The van der Waals surface area contributed by atoms with Crippen LogP contribution in [-0.4, -0.2) is 42.4 Å². The first kappa shape index (κ1) is 14.3. The van der Waals surface area contributed by atoms with E-state index in [9.17, 15) is 0 Å². The lowest BCUT2D eigenvalue weighted by molar-refractivity contribution is 0.343. The maximum Gasteiger partial charge on any atom is 0.161 e. The summed E-state index contributed by atoms with van der Waals surface area (Å²) in [6.07, 6.45) is 6.84. The minimum atomic E-state index is 0.0436. The normalized spacial score (nSPS) is 18.2. The molecule has 1 heterocycles. The van der Waals surface area contributed by atoms with Gasteiger partial charge in [0.25, 0.3) is 0 Å². The molecule has 1 atom stereocenters. The number of rotatable bonds is 6. The summed E-state index contributed by atoms with van der Waals surface area (Å²) in [7, 11) is 5.83. The molecule has 0 radical (unpaired) electrons. The highest BCUT2D eigenvalue weighted by Crippen LogP contribution is 2.37.